The van der Waals surface area contributed by atoms with Gasteiger partial charge in [0, 0.05) is 54.3 Å². The van der Waals surface area contributed by atoms with Crippen molar-refractivity contribution in [2.45, 2.75) is 63.8 Å². The maximum atomic E-state index is 15.5. The van der Waals surface area contributed by atoms with Gasteiger partial charge < -0.3 is 24.3 Å². The van der Waals surface area contributed by atoms with E-state index in [9.17, 15) is 22.8 Å². The fourth-order valence-electron chi connectivity index (χ4n) is 6.70. The van der Waals surface area contributed by atoms with Gasteiger partial charge >= 0.3 is 12.5 Å². The summed E-state index contributed by atoms with van der Waals surface area (Å²) in [5.41, 5.74) is 2.95. The van der Waals surface area contributed by atoms with E-state index in [-0.39, 0.29) is 41.1 Å². The Bertz CT molecular complexity index is 1520. The molecule has 3 aromatic rings. The zero-order valence-electron chi connectivity index (χ0n) is 23.6. The number of amides is 2. The first-order chi connectivity index (χ1) is 19.8. The Hall–Kier alpha value is -3.83. The number of pyridine rings is 1. The van der Waals surface area contributed by atoms with E-state index in [1.165, 1.54) is 18.3 Å². The molecule has 2 aromatic heterocycles. The smallest absolute Gasteiger partial charge is 0.444 e. The summed E-state index contributed by atoms with van der Waals surface area (Å²) in [6, 6.07) is 4.85. The predicted octanol–water partition coefficient (Wildman–Crippen LogP) is 6.13. The van der Waals surface area contributed by atoms with Gasteiger partial charge in [-0.1, -0.05) is 0 Å². The number of carbonyl (C=O) groups is 2. The van der Waals surface area contributed by atoms with Crippen molar-refractivity contribution < 1.29 is 36.6 Å². The molecule has 2 saturated heterocycles. The number of piperidine rings is 1. The molecule has 0 bridgehead atoms. The maximum absolute atomic E-state index is 15.5. The lowest BCUT2D eigenvalue weighted by Gasteiger charge is -2.33. The highest BCUT2D eigenvalue weighted by Gasteiger charge is 2.45. The first kappa shape index (κ1) is 28.3. The Morgan fingerprint density at radius 3 is 2.33 bits per heavy atom. The first-order valence-corrected chi connectivity index (χ1v) is 14.1. The molecule has 2 atom stereocenters. The summed E-state index contributed by atoms with van der Waals surface area (Å²) < 4.78 is 62.4. The fourth-order valence-corrected chi connectivity index (χ4v) is 6.70. The number of aromatic nitrogens is 2. The molecule has 3 aliphatic rings. The van der Waals surface area contributed by atoms with Crippen molar-refractivity contribution in [1.29, 1.82) is 0 Å². The van der Waals surface area contributed by atoms with Gasteiger partial charge in [0.2, 0.25) is 0 Å². The summed E-state index contributed by atoms with van der Waals surface area (Å²) in [6.45, 7) is 7.32. The van der Waals surface area contributed by atoms with Gasteiger partial charge in [0.1, 0.15) is 22.8 Å². The molecule has 2 amide bonds. The van der Waals surface area contributed by atoms with Gasteiger partial charge in [-0.15, -0.1) is 13.2 Å². The Labute approximate surface area is 240 Å². The highest BCUT2D eigenvalue weighted by atomic mass is 19.4. The number of H-pyrrole nitrogens is 1. The molecular formula is C30H32F4N4O4. The number of ether oxygens (including phenoxy) is 2. The topological polar surface area (TPSA) is 87.8 Å². The van der Waals surface area contributed by atoms with Gasteiger partial charge in [0.05, 0.1) is 6.20 Å². The van der Waals surface area contributed by atoms with Crippen LogP contribution >= 0.6 is 0 Å². The van der Waals surface area contributed by atoms with E-state index in [2.05, 4.69) is 14.7 Å². The Kier molecular flexibility index (Phi) is 6.85. The molecule has 12 heteroatoms. The van der Waals surface area contributed by atoms with Crippen molar-refractivity contribution in [3.8, 4) is 5.75 Å². The van der Waals surface area contributed by atoms with E-state index >= 15 is 4.39 Å². The van der Waals surface area contributed by atoms with Crippen LogP contribution in [0.4, 0.5) is 22.4 Å². The van der Waals surface area contributed by atoms with Crippen LogP contribution in [0.15, 0.2) is 30.5 Å². The van der Waals surface area contributed by atoms with Crippen LogP contribution in [0.2, 0.25) is 0 Å². The molecule has 224 valence electrons. The number of hydrogen-bond acceptors (Lipinski definition) is 5. The molecule has 0 radical (unpaired) electrons. The number of nitrogens with one attached hydrogen (secondary N) is 1. The number of fused-ring (bicyclic) bond motifs is 5. The van der Waals surface area contributed by atoms with E-state index in [1.807, 2.05) is 20.8 Å². The predicted molar refractivity (Wildman–Crippen MR) is 145 cm³/mol. The van der Waals surface area contributed by atoms with E-state index in [0.29, 0.717) is 50.2 Å². The van der Waals surface area contributed by atoms with Crippen LogP contribution in [0.1, 0.15) is 72.6 Å². The van der Waals surface area contributed by atoms with Crippen molar-refractivity contribution in [3.05, 3.63) is 58.7 Å². The Morgan fingerprint density at radius 2 is 1.69 bits per heavy atom. The van der Waals surface area contributed by atoms with Gasteiger partial charge in [-0.05, 0) is 81.7 Å². The molecular weight excluding hydrogens is 556 g/mol. The standard InChI is InChI=1S/C30H32F4N4O4/c1-29(2,3)42-28(40)38-14-18-12-22-24(20(18)15-38)25-23(21(31)13-35-26(25)36-22)16-8-10-37(11-9-16)27(39)17-4-6-19(7-5-17)41-30(32,33)34/h4-7,13,16,18,20H,8-12,14-15H2,1-3H3,(H,35,36)/t18-,20+/m0/s1. The number of rotatable bonds is 3. The van der Waals surface area contributed by atoms with Gasteiger partial charge in [-0.2, -0.15) is 0 Å². The van der Waals surface area contributed by atoms with Gasteiger partial charge in [-0.3, -0.25) is 4.79 Å². The van der Waals surface area contributed by atoms with E-state index in [4.69, 9.17) is 4.74 Å². The average molecular weight is 589 g/mol. The van der Waals surface area contributed by atoms with Crippen LogP contribution in [0.25, 0.3) is 11.0 Å². The number of hydrogen-bond donors (Lipinski definition) is 1. The summed E-state index contributed by atoms with van der Waals surface area (Å²) in [7, 11) is 0. The van der Waals surface area contributed by atoms with Gasteiger partial charge in [0.25, 0.3) is 5.91 Å². The summed E-state index contributed by atoms with van der Waals surface area (Å²) in [5.74, 6) is -0.968. The first-order valence-electron chi connectivity index (χ1n) is 14.1. The zero-order valence-corrected chi connectivity index (χ0v) is 23.6. The van der Waals surface area contributed by atoms with Crippen molar-refractivity contribution in [2.24, 2.45) is 5.92 Å². The minimum Gasteiger partial charge on any atom is -0.444 e. The number of likely N-dealkylation sites (tertiary alicyclic amines) is 2. The van der Waals surface area contributed by atoms with Crippen molar-refractivity contribution in [2.75, 3.05) is 26.2 Å². The second-order valence-electron chi connectivity index (χ2n) is 12.4. The molecule has 42 heavy (non-hydrogen) atoms. The van der Waals surface area contributed by atoms with Crippen LogP contribution in [0, 0.1) is 11.7 Å². The lowest BCUT2D eigenvalue weighted by atomic mass is 9.85. The Morgan fingerprint density at radius 1 is 1.00 bits per heavy atom. The fraction of sp³-hybridized carbons (Fsp3) is 0.500. The highest BCUT2D eigenvalue weighted by Crippen LogP contribution is 2.49. The normalized spacial score (nSPS) is 21.0. The molecule has 0 unspecified atom stereocenters. The third kappa shape index (κ3) is 5.38. The number of alkyl halides is 3. The largest absolute Gasteiger partial charge is 0.573 e. The molecule has 0 saturated carbocycles. The van der Waals surface area contributed by atoms with E-state index in [0.717, 1.165) is 35.2 Å². The van der Waals surface area contributed by atoms with Crippen LogP contribution < -0.4 is 4.74 Å². The second-order valence-corrected chi connectivity index (χ2v) is 12.4. The van der Waals surface area contributed by atoms with Crippen LogP contribution in [-0.4, -0.2) is 69.9 Å². The molecule has 1 aliphatic carbocycles. The average Bonchev–Trinajstić information content (AvgIpc) is 3.56. The van der Waals surface area contributed by atoms with E-state index in [1.54, 1.807) is 9.80 Å². The Balaban J connectivity index is 1.19. The van der Waals surface area contributed by atoms with Gasteiger partial charge in [-0.25, -0.2) is 14.2 Å². The molecule has 0 spiro atoms. The molecule has 1 aromatic carbocycles. The van der Waals surface area contributed by atoms with Crippen molar-refractivity contribution in [3.63, 3.8) is 0 Å². The van der Waals surface area contributed by atoms with Crippen LogP contribution in [0.3, 0.4) is 0 Å². The van der Waals surface area contributed by atoms with E-state index < -0.39 is 17.7 Å². The molecule has 8 nitrogen and oxygen atoms in total. The SMILES string of the molecule is CC(C)(C)OC(=O)N1C[C@@H]2Cc3[nH]c4ncc(F)c(C5CCN(C(=O)c6ccc(OC(F)(F)F)cc6)CC5)c4c3[C@@H]2C1. The summed E-state index contributed by atoms with van der Waals surface area (Å²) in [4.78, 5) is 37.0. The lowest BCUT2D eigenvalue weighted by molar-refractivity contribution is -0.274. The van der Waals surface area contributed by atoms with Gasteiger partial charge in [0.15, 0.2) is 0 Å². The molecule has 1 N–H and O–H groups in total. The summed E-state index contributed by atoms with van der Waals surface area (Å²) >= 11 is 0. The zero-order chi connectivity index (χ0) is 30.0. The molecule has 6 rings (SSSR count). The number of halogens is 4. The molecule has 2 fully saturated rings. The number of carbonyl (C=O) groups excluding carboxylic acids is 2. The monoisotopic (exact) mass is 588 g/mol. The van der Waals surface area contributed by atoms with Crippen LogP contribution in [0.5, 0.6) is 5.75 Å². The second kappa shape index (κ2) is 10.2. The lowest BCUT2D eigenvalue weighted by Crippen LogP contribution is -2.38. The minimum atomic E-state index is -4.81. The number of aromatic amines is 1. The number of nitrogens with zero attached hydrogens (tertiary/aromatic N) is 3. The summed E-state index contributed by atoms with van der Waals surface area (Å²) in [5, 5.41) is 0.786. The third-order valence-electron chi connectivity index (χ3n) is 8.39. The maximum Gasteiger partial charge on any atom is 0.573 e. The van der Waals surface area contributed by atoms with Crippen molar-refractivity contribution >= 4 is 23.0 Å². The molecule has 4 heterocycles. The molecule has 2 aliphatic heterocycles. The van der Waals surface area contributed by atoms with Crippen LogP contribution in [-0.2, 0) is 11.2 Å². The highest BCUT2D eigenvalue weighted by molar-refractivity contribution is 5.94. The van der Waals surface area contributed by atoms with Crippen molar-refractivity contribution in [1.82, 2.24) is 19.8 Å². The third-order valence-corrected chi connectivity index (χ3v) is 8.39. The summed E-state index contributed by atoms with van der Waals surface area (Å²) in [6.07, 6.45) is -2.12. The number of benzene rings is 1. The minimum absolute atomic E-state index is 0.0505. The quantitative estimate of drug-likeness (QED) is 0.372.